The molecule has 0 saturated carbocycles. The molecule has 0 radical (unpaired) electrons. The van der Waals surface area contributed by atoms with E-state index in [2.05, 4.69) is 77.9 Å². The standard InChI is InChI=1S/C25H31N3O2S/c1-17(2)14-22(25(3,4)23(29)27-24-28-26-16-31-24)21-12-10-20(11-13-21)19-8-6-18(7-9-19)15-30-5/h6-13,16-17,22H,14-15H2,1-5H3,(H,27,28,29). The number of methoxy groups -OCH3 is 1. The Morgan fingerprint density at radius 2 is 1.68 bits per heavy atom. The van der Waals surface area contributed by atoms with Gasteiger partial charge in [-0.1, -0.05) is 87.6 Å². The van der Waals surface area contributed by atoms with E-state index in [0.717, 1.165) is 17.5 Å². The van der Waals surface area contributed by atoms with Crippen LogP contribution in [0.1, 0.15) is 51.2 Å². The maximum Gasteiger partial charge on any atom is 0.232 e. The number of rotatable bonds is 9. The van der Waals surface area contributed by atoms with Crippen molar-refractivity contribution in [3.63, 3.8) is 0 Å². The van der Waals surface area contributed by atoms with Crippen LogP contribution in [0.2, 0.25) is 0 Å². The van der Waals surface area contributed by atoms with E-state index in [0.29, 0.717) is 17.7 Å². The summed E-state index contributed by atoms with van der Waals surface area (Å²) in [6.07, 6.45) is 0.918. The van der Waals surface area contributed by atoms with Crippen LogP contribution in [0.4, 0.5) is 5.13 Å². The Kier molecular flexibility index (Phi) is 7.57. The van der Waals surface area contributed by atoms with E-state index in [-0.39, 0.29) is 11.8 Å². The Hall–Kier alpha value is -2.57. The third kappa shape index (κ3) is 5.77. The van der Waals surface area contributed by atoms with Crippen molar-refractivity contribution in [1.29, 1.82) is 0 Å². The number of hydrogen-bond donors (Lipinski definition) is 1. The van der Waals surface area contributed by atoms with E-state index < -0.39 is 5.41 Å². The smallest absolute Gasteiger partial charge is 0.232 e. The minimum Gasteiger partial charge on any atom is -0.380 e. The van der Waals surface area contributed by atoms with Crippen LogP contribution in [0.5, 0.6) is 0 Å². The zero-order valence-electron chi connectivity index (χ0n) is 18.9. The Balaban J connectivity index is 1.83. The van der Waals surface area contributed by atoms with Crippen LogP contribution >= 0.6 is 11.3 Å². The summed E-state index contributed by atoms with van der Waals surface area (Å²) in [5.74, 6) is 0.512. The fourth-order valence-corrected chi connectivity index (χ4v) is 4.27. The van der Waals surface area contributed by atoms with Crippen LogP contribution in [-0.2, 0) is 16.1 Å². The van der Waals surface area contributed by atoms with Gasteiger partial charge in [0.2, 0.25) is 11.0 Å². The Morgan fingerprint density at radius 1 is 1.06 bits per heavy atom. The quantitative estimate of drug-likeness (QED) is 0.436. The first-order chi connectivity index (χ1) is 14.8. The van der Waals surface area contributed by atoms with Gasteiger partial charge in [-0.3, -0.25) is 4.79 Å². The fraction of sp³-hybridized carbons (Fsp3) is 0.400. The molecule has 0 saturated heterocycles. The number of carbonyl (C=O) groups is 1. The van der Waals surface area contributed by atoms with Gasteiger partial charge in [-0.05, 0) is 40.5 Å². The molecule has 3 aromatic rings. The summed E-state index contributed by atoms with van der Waals surface area (Å²) in [6, 6.07) is 17.0. The Morgan fingerprint density at radius 3 is 2.19 bits per heavy atom. The molecular formula is C25H31N3O2S. The highest BCUT2D eigenvalue weighted by Crippen LogP contribution is 2.41. The predicted octanol–water partition coefficient (Wildman–Crippen LogP) is 6.15. The maximum atomic E-state index is 13.1. The van der Waals surface area contributed by atoms with Crippen molar-refractivity contribution in [2.24, 2.45) is 11.3 Å². The molecule has 0 bridgehead atoms. The molecule has 164 valence electrons. The van der Waals surface area contributed by atoms with E-state index in [1.807, 2.05) is 13.8 Å². The molecule has 1 amide bonds. The third-order valence-electron chi connectivity index (χ3n) is 5.66. The van der Waals surface area contributed by atoms with Gasteiger partial charge in [-0.2, -0.15) is 0 Å². The molecule has 0 fully saturated rings. The number of carbonyl (C=O) groups excluding carboxylic acids is 1. The number of hydrogen-bond acceptors (Lipinski definition) is 5. The molecule has 1 N–H and O–H groups in total. The SMILES string of the molecule is COCc1ccc(-c2ccc(C(CC(C)C)C(C)(C)C(=O)Nc3nncs3)cc2)cc1. The molecule has 1 aromatic heterocycles. The van der Waals surface area contributed by atoms with Crippen LogP contribution < -0.4 is 5.32 Å². The molecule has 0 aliphatic carbocycles. The van der Waals surface area contributed by atoms with Crippen molar-refractivity contribution in [3.05, 3.63) is 65.2 Å². The minimum atomic E-state index is -0.598. The molecule has 31 heavy (non-hydrogen) atoms. The van der Waals surface area contributed by atoms with Crippen molar-refractivity contribution in [2.45, 2.75) is 46.6 Å². The lowest BCUT2D eigenvalue weighted by Crippen LogP contribution is -2.37. The molecule has 3 rings (SSSR count). The number of anilines is 1. The van der Waals surface area contributed by atoms with Crippen LogP contribution in [0.3, 0.4) is 0 Å². The second kappa shape index (κ2) is 10.2. The highest BCUT2D eigenvalue weighted by Gasteiger charge is 2.38. The van der Waals surface area contributed by atoms with Gasteiger partial charge in [0.15, 0.2) is 0 Å². The zero-order valence-corrected chi connectivity index (χ0v) is 19.7. The molecule has 1 heterocycles. The summed E-state index contributed by atoms with van der Waals surface area (Å²) in [6.45, 7) is 9.03. The molecule has 0 spiro atoms. The lowest BCUT2D eigenvalue weighted by atomic mass is 9.70. The molecule has 6 heteroatoms. The van der Waals surface area contributed by atoms with E-state index in [4.69, 9.17) is 4.74 Å². The van der Waals surface area contributed by atoms with E-state index in [9.17, 15) is 4.79 Å². The number of nitrogens with one attached hydrogen (secondary N) is 1. The number of amides is 1. The Labute approximate surface area is 188 Å². The topological polar surface area (TPSA) is 64.1 Å². The minimum absolute atomic E-state index is 0.0345. The first kappa shape index (κ1) is 23.1. The molecular weight excluding hydrogens is 406 g/mol. The van der Waals surface area contributed by atoms with Crippen LogP contribution in [0.15, 0.2) is 54.0 Å². The number of benzene rings is 2. The average Bonchev–Trinajstić information content (AvgIpc) is 3.26. The normalized spacial score (nSPS) is 12.7. The summed E-state index contributed by atoms with van der Waals surface area (Å²) < 4.78 is 5.19. The number of nitrogens with zero attached hydrogens (tertiary/aromatic N) is 2. The summed E-state index contributed by atoms with van der Waals surface area (Å²) in [5.41, 5.74) is 5.68. The van der Waals surface area contributed by atoms with Gasteiger partial charge >= 0.3 is 0 Å². The predicted molar refractivity (Wildman–Crippen MR) is 127 cm³/mol. The van der Waals surface area contributed by atoms with Crippen molar-refractivity contribution < 1.29 is 9.53 Å². The summed E-state index contributed by atoms with van der Waals surface area (Å²) in [7, 11) is 1.70. The summed E-state index contributed by atoms with van der Waals surface area (Å²) >= 11 is 1.33. The first-order valence-electron chi connectivity index (χ1n) is 10.6. The largest absolute Gasteiger partial charge is 0.380 e. The molecule has 0 aliphatic heterocycles. The van der Waals surface area contributed by atoms with E-state index >= 15 is 0 Å². The second-order valence-electron chi connectivity index (χ2n) is 8.85. The highest BCUT2D eigenvalue weighted by atomic mass is 32.1. The maximum absolute atomic E-state index is 13.1. The second-order valence-corrected chi connectivity index (χ2v) is 9.69. The summed E-state index contributed by atoms with van der Waals surface area (Å²) in [5, 5.41) is 11.2. The van der Waals surface area contributed by atoms with Crippen LogP contribution in [-0.4, -0.2) is 23.2 Å². The van der Waals surface area contributed by atoms with Gasteiger partial charge in [-0.15, -0.1) is 10.2 Å². The van der Waals surface area contributed by atoms with Gasteiger partial charge in [-0.25, -0.2) is 0 Å². The van der Waals surface area contributed by atoms with Gasteiger partial charge in [0, 0.05) is 7.11 Å². The molecule has 1 unspecified atom stereocenters. The molecule has 2 aromatic carbocycles. The Bertz CT molecular complexity index is 965. The molecule has 1 atom stereocenters. The first-order valence-corrected chi connectivity index (χ1v) is 11.4. The molecule has 5 nitrogen and oxygen atoms in total. The number of aromatic nitrogens is 2. The van der Waals surface area contributed by atoms with Crippen molar-refractivity contribution in [2.75, 3.05) is 12.4 Å². The van der Waals surface area contributed by atoms with Gasteiger partial charge < -0.3 is 10.1 Å². The lowest BCUT2D eigenvalue weighted by Gasteiger charge is -2.34. The third-order valence-corrected chi connectivity index (χ3v) is 6.26. The van der Waals surface area contributed by atoms with Gasteiger partial charge in [0.1, 0.15) is 5.51 Å². The van der Waals surface area contributed by atoms with Crippen molar-refractivity contribution in [1.82, 2.24) is 10.2 Å². The van der Waals surface area contributed by atoms with Gasteiger partial charge in [0.25, 0.3) is 0 Å². The zero-order chi connectivity index (χ0) is 22.4. The van der Waals surface area contributed by atoms with Crippen LogP contribution in [0.25, 0.3) is 11.1 Å². The number of ether oxygens (including phenoxy) is 1. The average molecular weight is 438 g/mol. The fourth-order valence-electron chi connectivity index (χ4n) is 3.83. The van der Waals surface area contributed by atoms with E-state index in [1.165, 1.54) is 22.5 Å². The van der Waals surface area contributed by atoms with E-state index in [1.54, 1.807) is 12.6 Å². The molecule has 0 aliphatic rings. The summed E-state index contributed by atoms with van der Waals surface area (Å²) in [4.78, 5) is 13.1. The monoisotopic (exact) mass is 437 g/mol. The van der Waals surface area contributed by atoms with Crippen LogP contribution in [0, 0.1) is 11.3 Å². The van der Waals surface area contributed by atoms with Crippen molar-refractivity contribution >= 4 is 22.4 Å². The van der Waals surface area contributed by atoms with Crippen molar-refractivity contribution in [3.8, 4) is 11.1 Å². The highest BCUT2D eigenvalue weighted by molar-refractivity contribution is 7.13. The lowest BCUT2D eigenvalue weighted by molar-refractivity contribution is -0.125. The van der Waals surface area contributed by atoms with Gasteiger partial charge in [0.05, 0.1) is 12.0 Å².